The second-order valence-corrected chi connectivity index (χ2v) is 4.14. The molecule has 2 rings (SSSR count). The molecule has 0 fully saturated rings. The van der Waals surface area contributed by atoms with Gasteiger partial charge in [0, 0.05) is 38.1 Å². The van der Waals surface area contributed by atoms with Gasteiger partial charge in [-0.25, -0.2) is 0 Å². The fourth-order valence-electron chi connectivity index (χ4n) is 2.09. The Balaban J connectivity index is 2.64. The summed E-state index contributed by atoms with van der Waals surface area (Å²) in [5, 5.41) is 3.27. The van der Waals surface area contributed by atoms with Crippen LogP contribution in [-0.4, -0.2) is 26.0 Å². The van der Waals surface area contributed by atoms with Crippen LogP contribution in [0.1, 0.15) is 17.5 Å². The van der Waals surface area contributed by atoms with E-state index in [0.29, 0.717) is 0 Å². The zero-order valence-electron chi connectivity index (χ0n) is 10.1. The molecule has 0 unspecified atom stereocenters. The molecule has 0 radical (unpaired) electrons. The van der Waals surface area contributed by atoms with Crippen molar-refractivity contribution in [1.82, 2.24) is 4.90 Å². The van der Waals surface area contributed by atoms with Gasteiger partial charge in [-0.1, -0.05) is 30.4 Å². The van der Waals surface area contributed by atoms with Gasteiger partial charge in [0.15, 0.2) is 0 Å². The third kappa shape index (κ3) is 1.83. The van der Waals surface area contributed by atoms with Crippen molar-refractivity contribution >= 4 is 17.5 Å². The Hall–Kier alpha value is -1.70. The van der Waals surface area contributed by atoms with E-state index < -0.39 is 0 Å². The third-order valence-electron chi connectivity index (χ3n) is 2.85. The lowest BCUT2D eigenvalue weighted by Gasteiger charge is -2.21. The Kier molecular flexibility index (Phi) is 3.00. The van der Waals surface area contributed by atoms with Crippen molar-refractivity contribution in [2.24, 2.45) is 0 Å². The topological polar surface area (TPSA) is 15.3 Å². The van der Waals surface area contributed by atoms with E-state index in [-0.39, 0.29) is 0 Å². The fourth-order valence-corrected chi connectivity index (χ4v) is 2.09. The molecule has 0 atom stereocenters. The van der Waals surface area contributed by atoms with E-state index in [1.165, 1.54) is 22.5 Å². The Bertz CT molecular complexity index is 442. The highest BCUT2D eigenvalue weighted by Crippen LogP contribution is 2.31. The average molecular weight is 214 g/mol. The lowest BCUT2D eigenvalue weighted by Crippen LogP contribution is -2.12. The summed E-state index contributed by atoms with van der Waals surface area (Å²) in [5.74, 6) is 0. The summed E-state index contributed by atoms with van der Waals surface area (Å²) in [5.41, 5.74) is 5.04. The van der Waals surface area contributed by atoms with Crippen LogP contribution < -0.4 is 5.32 Å². The number of benzene rings is 1. The minimum Gasteiger partial charge on any atom is -0.388 e. The highest BCUT2D eigenvalue weighted by molar-refractivity contribution is 5.83. The fraction of sp³-hybridized carbons (Fsp3) is 0.286. The van der Waals surface area contributed by atoms with Gasteiger partial charge in [-0.15, -0.1) is 0 Å². The Labute approximate surface area is 97.3 Å². The number of hydrogen-bond acceptors (Lipinski definition) is 2. The maximum absolute atomic E-state index is 3.27. The summed E-state index contributed by atoms with van der Waals surface area (Å²) in [6, 6.07) is 6.37. The number of nitrogens with one attached hydrogen (secondary N) is 1. The molecule has 1 aromatic rings. The van der Waals surface area contributed by atoms with Crippen molar-refractivity contribution in [2.45, 2.75) is 6.42 Å². The summed E-state index contributed by atoms with van der Waals surface area (Å²) < 4.78 is 0. The van der Waals surface area contributed by atoms with Crippen molar-refractivity contribution in [3.63, 3.8) is 0 Å². The summed E-state index contributed by atoms with van der Waals surface area (Å²) in [6.07, 6.45) is 7.66. The molecular formula is C14H18N2. The van der Waals surface area contributed by atoms with Crippen LogP contribution in [0.25, 0.3) is 11.8 Å². The number of allylic oxidation sites excluding steroid dienone is 2. The van der Waals surface area contributed by atoms with E-state index >= 15 is 0 Å². The predicted octanol–water partition coefficient (Wildman–Crippen LogP) is 3.05. The van der Waals surface area contributed by atoms with Crippen LogP contribution >= 0.6 is 0 Å². The second-order valence-electron chi connectivity index (χ2n) is 4.14. The van der Waals surface area contributed by atoms with E-state index in [1.54, 1.807) is 0 Å². The molecule has 0 saturated carbocycles. The first kappa shape index (κ1) is 10.8. The lowest BCUT2D eigenvalue weighted by atomic mass is 10.0. The third-order valence-corrected chi connectivity index (χ3v) is 2.85. The maximum Gasteiger partial charge on any atom is 0.0438 e. The summed E-state index contributed by atoms with van der Waals surface area (Å²) in [6.45, 7) is 0. The van der Waals surface area contributed by atoms with Crippen molar-refractivity contribution in [2.75, 3.05) is 26.5 Å². The first-order valence-corrected chi connectivity index (χ1v) is 5.59. The molecular weight excluding hydrogens is 196 g/mol. The molecule has 0 bridgehead atoms. The second kappa shape index (κ2) is 4.44. The molecule has 2 nitrogen and oxygen atoms in total. The molecule has 84 valence electrons. The summed E-state index contributed by atoms with van der Waals surface area (Å²) in [7, 11) is 6.15. The molecule has 0 saturated heterocycles. The molecule has 0 aromatic heterocycles. The molecule has 1 aliphatic carbocycles. The van der Waals surface area contributed by atoms with E-state index in [1.807, 2.05) is 7.05 Å². The molecule has 1 N–H and O–H groups in total. The number of fused-ring (bicyclic) bond motifs is 1. The van der Waals surface area contributed by atoms with Gasteiger partial charge in [-0.2, -0.15) is 0 Å². The lowest BCUT2D eigenvalue weighted by molar-refractivity contribution is 0.591. The Morgan fingerprint density at radius 1 is 1.25 bits per heavy atom. The smallest absolute Gasteiger partial charge is 0.0438 e. The van der Waals surface area contributed by atoms with E-state index in [2.05, 4.69) is 60.7 Å². The van der Waals surface area contributed by atoms with Gasteiger partial charge in [0.1, 0.15) is 0 Å². The highest BCUT2D eigenvalue weighted by atomic mass is 15.1. The summed E-state index contributed by atoms with van der Waals surface area (Å²) in [4.78, 5) is 2.17. The maximum atomic E-state index is 3.27. The van der Waals surface area contributed by atoms with Crippen molar-refractivity contribution in [3.8, 4) is 0 Å². The molecule has 16 heavy (non-hydrogen) atoms. The van der Waals surface area contributed by atoms with E-state index in [9.17, 15) is 0 Å². The number of nitrogens with zero attached hydrogens (tertiary/aromatic N) is 1. The van der Waals surface area contributed by atoms with Gasteiger partial charge in [0.2, 0.25) is 0 Å². The molecule has 0 amide bonds. The van der Waals surface area contributed by atoms with Crippen LogP contribution in [0.3, 0.4) is 0 Å². The monoisotopic (exact) mass is 214 g/mol. The molecule has 1 aliphatic rings. The van der Waals surface area contributed by atoms with Crippen molar-refractivity contribution in [3.05, 3.63) is 41.5 Å². The van der Waals surface area contributed by atoms with Crippen LogP contribution in [0.15, 0.2) is 30.4 Å². The summed E-state index contributed by atoms with van der Waals surface area (Å²) >= 11 is 0. The first-order chi connectivity index (χ1) is 7.74. The molecule has 1 aromatic carbocycles. The van der Waals surface area contributed by atoms with Crippen LogP contribution in [0, 0.1) is 0 Å². The Morgan fingerprint density at radius 2 is 2.06 bits per heavy atom. The van der Waals surface area contributed by atoms with Gasteiger partial charge >= 0.3 is 0 Å². The standard InChI is InChI=1S/C14H18N2/c1-15-12-9-6-8-11-7-4-5-10-13(14(11)12)16(2)3/h4,6-10,15H,5H2,1-3H3. The van der Waals surface area contributed by atoms with E-state index in [4.69, 9.17) is 0 Å². The minimum atomic E-state index is 0.991. The van der Waals surface area contributed by atoms with Crippen molar-refractivity contribution in [1.29, 1.82) is 0 Å². The number of hydrogen-bond donors (Lipinski definition) is 1. The SMILES string of the molecule is CNc1cccc2c1C(N(C)C)=CCC=C2. The number of anilines is 1. The molecule has 0 heterocycles. The van der Waals surface area contributed by atoms with Crippen molar-refractivity contribution < 1.29 is 0 Å². The zero-order chi connectivity index (χ0) is 11.5. The van der Waals surface area contributed by atoms with Crippen LogP contribution in [0.2, 0.25) is 0 Å². The van der Waals surface area contributed by atoms with Gasteiger partial charge in [0.05, 0.1) is 0 Å². The highest BCUT2D eigenvalue weighted by Gasteiger charge is 2.13. The normalized spacial score (nSPS) is 13.8. The molecule has 0 aliphatic heterocycles. The average Bonchev–Trinajstić information content (AvgIpc) is 2.50. The van der Waals surface area contributed by atoms with Gasteiger partial charge in [-0.05, 0) is 18.1 Å². The largest absolute Gasteiger partial charge is 0.388 e. The molecule has 2 heteroatoms. The minimum absolute atomic E-state index is 0.991. The first-order valence-electron chi connectivity index (χ1n) is 5.59. The van der Waals surface area contributed by atoms with Gasteiger partial charge < -0.3 is 10.2 Å². The van der Waals surface area contributed by atoms with Gasteiger partial charge in [0.25, 0.3) is 0 Å². The Morgan fingerprint density at radius 3 is 2.75 bits per heavy atom. The van der Waals surface area contributed by atoms with E-state index in [0.717, 1.165) is 6.42 Å². The van der Waals surface area contributed by atoms with Gasteiger partial charge in [-0.3, -0.25) is 0 Å². The quantitative estimate of drug-likeness (QED) is 0.814. The van der Waals surface area contributed by atoms with Crippen LogP contribution in [-0.2, 0) is 0 Å². The predicted molar refractivity (Wildman–Crippen MR) is 71.3 cm³/mol. The zero-order valence-corrected chi connectivity index (χ0v) is 10.1. The number of rotatable bonds is 2. The molecule has 0 spiro atoms. The van der Waals surface area contributed by atoms with Crippen LogP contribution in [0.4, 0.5) is 5.69 Å². The van der Waals surface area contributed by atoms with Crippen LogP contribution in [0.5, 0.6) is 0 Å².